The van der Waals surface area contributed by atoms with E-state index in [4.69, 9.17) is 11.6 Å². The molecule has 0 saturated heterocycles. The van der Waals surface area contributed by atoms with Crippen LogP contribution in [0.2, 0.25) is 0 Å². The van der Waals surface area contributed by atoms with Crippen molar-refractivity contribution < 1.29 is 9.18 Å². The average molecular weight is 216 g/mol. The first-order valence-corrected chi connectivity index (χ1v) is 4.75. The molecule has 0 unspecified atom stereocenters. The second kappa shape index (κ2) is 4.96. The van der Waals surface area contributed by atoms with Crippen LogP contribution in [0.5, 0.6) is 0 Å². The van der Waals surface area contributed by atoms with Crippen LogP contribution >= 0.6 is 11.6 Å². The molecular weight excluding hydrogens is 205 g/mol. The number of rotatable bonds is 3. The van der Waals surface area contributed by atoms with E-state index in [-0.39, 0.29) is 24.1 Å². The van der Waals surface area contributed by atoms with Crippen molar-refractivity contribution in [3.05, 3.63) is 35.1 Å². The molecule has 1 aromatic carbocycles. The van der Waals surface area contributed by atoms with E-state index in [1.54, 1.807) is 25.1 Å². The number of carbonyl (C=O) groups is 1. The van der Waals surface area contributed by atoms with Crippen molar-refractivity contribution >= 4 is 17.5 Å². The smallest absolute Gasteiger partial charge is 0.235 e. The Hall–Kier alpha value is -1.09. The van der Waals surface area contributed by atoms with Gasteiger partial charge in [-0.2, -0.15) is 0 Å². The highest BCUT2D eigenvalue weighted by Crippen LogP contribution is 2.11. The third-order valence-corrected chi connectivity index (χ3v) is 2.11. The first-order valence-electron chi connectivity index (χ1n) is 4.22. The standard InChI is InChI=1S/C10H11ClFNO/c1-7-3-2-4-8(10(7)12)6-13-9(14)5-11/h2-4H,5-6H2,1H3,(H,13,14). The summed E-state index contributed by atoms with van der Waals surface area (Å²) in [6.07, 6.45) is 0. The van der Waals surface area contributed by atoms with E-state index in [0.29, 0.717) is 11.1 Å². The summed E-state index contributed by atoms with van der Waals surface area (Å²) in [5, 5.41) is 2.51. The van der Waals surface area contributed by atoms with Crippen LogP contribution in [-0.4, -0.2) is 11.8 Å². The molecule has 0 radical (unpaired) electrons. The maximum Gasteiger partial charge on any atom is 0.235 e. The molecule has 0 aromatic heterocycles. The van der Waals surface area contributed by atoms with Crippen molar-refractivity contribution in [1.82, 2.24) is 5.32 Å². The highest BCUT2D eigenvalue weighted by molar-refractivity contribution is 6.27. The van der Waals surface area contributed by atoms with Gasteiger partial charge in [0.25, 0.3) is 0 Å². The fourth-order valence-electron chi connectivity index (χ4n) is 1.09. The predicted molar refractivity (Wildman–Crippen MR) is 53.7 cm³/mol. The Morgan fingerprint density at radius 3 is 2.93 bits per heavy atom. The zero-order valence-corrected chi connectivity index (χ0v) is 8.57. The highest BCUT2D eigenvalue weighted by Gasteiger charge is 2.05. The third kappa shape index (κ3) is 2.70. The molecule has 14 heavy (non-hydrogen) atoms. The molecule has 0 saturated carbocycles. The summed E-state index contributed by atoms with van der Waals surface area (Å²) in [6, 6.07) is 5.07. The monoisotopic (exact) mass is 215 g/mol. The minimum absolute atomic E-state index is 0.104. The van der Waals surface area contributed by atoms with Gasteiger partial charge in [0.1, 0.15) is 11.7 Å². The lowest BCUT2D eigenvalue weighted by molar-refractivity contribution is -0.118. The molecule has 0 aliphatic rings. The van der Waals surface area contributed by atoms with Gasteiger partial charge in [-0.3, -0.25) is 4.79 Å². The minimum Gasteiger partial charge on any atom is -0.351 e. The Balaban J connectivity index is 2.68. The summed E-state index contributed by atoms with van der Waals surface area (Å²) < 4.78 is 13.4. The van der Waals surface area contributed by atoms with E-state index in [0.717, 1.165) is 0 Å². The molecule has 0 atom stereocenters. The number of nitrogens with one attached hydrogen (secondary N) is 1. The van der Waals surface area contributed by atoms with Crippen LogP contribution in [0.4, 0.5) is 4.39 Å². The molecule has 0 fully saturated rings. The van der Waals surface area contributed by atoms with E-state index < -0.39 is 0 Å². The van der Waals surface area contributed by atoms with Crippen LogP contribution < -0.4 is 5.32 Å². The van der Waals surface area contributed by atoms with E-state index in [2.05, 4.69) is 5.32 Å². The van der Waals surface area contributed by atoms with Crippen LogP contribution in [-0.2, 0) is 11.3 Å². The second-order valence-corrected chi connectivity index (χ2v) is 3.23. The van der Waals surface area contributed by atoms with Gasteiger partial charge in [0.2, 0.25) is 5.91 Å². The number of hydrogen-bond acceptors (Lipinski definition) is 1. The fourth-order valence-corrected chi connectivity index (χ4v) is 1.18. The van der Waals surface area contributed by atoms with Gasteiger partial charge in [-0.05, 0) is 12.5 Å². The van der Waals surface area contributed by atoms with Crippen molar-refractivity contribution in [2.24, 2.45) is 0 Å². The third-order valence-electron chi connectivity index (χ3n) is 1.87. The Labute approximate surface area is 87.1 Å². The van der Waals surface area contributed by atoms with Crippen molar-refractivity contribution in [1.29, 1.82) is 0 Å². The summed E-state index contributed by atoms with van der Waals surface area (Å²) >= 11 is 5.28. The summed E-state index contributed by atoms with van der Waals surface area (Å²) in [7, 11) is 0. The first-order chi connectivity index (χ1) is 6.65. The van der Waals surface area contributed by atoms with Crippen LogP contribution in [0.3, 0.4) is 0 Å². The normalized spacial score (nSPS) is 9.93. The Bertz CT molecular complexity index is 341. The molecular formula is C10H11ClFNO. The van der Waals surface area contributed by atoms with Crippen molar-refractivity contribution in [3.63, 3.8) is 0 Å². The largest absolute Gasteiger partial charge is 0.351 e. The molecule has 2 nitrogen and oxygen atoms in total. The summed E-state index contributed by atoms with van der Waals surface area (Å²) in [6.45, 7) is 1.86. The number of carbonyl (C=O) groups excluding carboxylic acids is 1. The molecule has 0 heterocycles. The molecule has 0 spiro atoms. The van der Waals surface area contributed by atoms with Crippen LogP contribution in [0.25, 0.3) is 0 Å². The van der Waals surface area contributed by atoms with E-state index in [1.807, 2.05) is 0 Å². The lowest BCUT2D eigenvalue weighted by Crippen LogP contribution is -2.24. The van der Waals surface area contributed by atoms with Crippen molar-refractivity contribution in [2.75, 3.05) is 5.88 Å². The minimum atomic E-state index is -0.299. The molecule has 1 amide bonds. The van der Waals surface area contributed by atoms with E-state index in [1.165, 1.54) is 0 Å². The first kappa shape index (κ1) is 11.0. The summed E-state index contributed by atoms with van der Waals surface area (Å²) in [5.41, 5.74) is 1.05. The van der Waals surface area contributed by atoms with Gasteiger partial charge in [-0.1, -0.05) is 18.2 Å². The summed E-state index contributed by atoms with van der Waals surface area (Å²) in [4.78, 5) is 10.8. The second-order valence-electron chi connectivity index (χ2n) is 2.96. The zero-order valence-electron chi connectivity index (χ0n) is 7.81. The van der Waals surface area contributed by atoms with Crippen molar-refractivity contribution in [2.45, 2.75) is 13.5 Å². The maximum absolute atomic E-state index is 13.4. The van der Waals surface area contributed by atoms with E-state index >= 15 is 0 Å². The van der Waals surface area contributed by atoms with Gasteiger partial charge in [0, 0.05) is 12.1 Å². The van der Waals surface area contributed by atoms with Gasteiger partial charge < -0.3 is 5.32 Å². The highest BCUT2D eigenvalue weighted by atomic mass is 35.5. The van der Waals surface area contributed by atoms with E-state index in [9.17, 15) is 9.18 Å². The molecule has 4 heteroatoms. The number of amides is 1. The molecule has 1 N–H and O–H groups in total. The maximum atomic E-state index is 13.4. The summed E-state index contributed by atoms with van der Waals surface area (Å²) in [5.74, 6) is -0.678. The van der Waals surface area contributed by atoms with Gasteiger partial charge in [-0.15, -0.1) is 11.6 Å². The Morgan fingerprint density at radius 1 is 1.57 bits per heavy atom. The Morgan fingerprint density at radius 2 is 2.29 bits per heavy atom. The Kier molecular flexibility index (Phi) is 3.89. The van der Waals surface area contributed by atoms with Crippen LogP contribution in [0.15, 0.2) is 18.2 Å². The quantitative estimate of drug-likeness (QED) is 0.768. The molecule has 1 aromatic rings. The molecule has 76 valence electrons. The predicted octanol–water partition coefficient (Wildman–Crippen LogP) is 1.99. The number of alkyl halides is 1. The van der Waals surface area contributed by atoms with Gasteiger partial charge in [0.05, 0.1) is 0 Å². The number of halogens is 2. The van der Waals surface area contributed by atoms with Gasteiger partial charge >= 0.3 is 0 Å². The number of benzene rings is 1. The fraction of sp³-hybridized carbons (Fsp3) is 0.300. The number of aryl methyl sites for hydroxylation is 1. The molecule has 0 bridgehead atoms. The molecule has 0 aliphatic heterocycles. The number of hydrogen-bond donors (Lipinski definition) is 1. The van der Waals surface area contributed by atoms with Crippen molar-refractivity contribution in [3.8, 4) is 0 Å². The zero-order chi connectivity index (χ0) is 10.6. The molecule has 0 aliphatic carbocycles. The topological polar surface area (TPSA) is 29.1 Å². The SMILES string of the molecule is Cc1cccc(CNC(=O)CCl)c1F. The lowest BCUT2D eigenvalue weighted by Gasteiger charge is -2.06. The van der Waals surface area contributed by atoms with Crippen LogP contribution in [0.1, 0.15) is 11.1 Å². The average Bonchev–Trinajstić information content (AvgIpc) is 2.20. The molecule has 1 rings (SSSR count). The lowest BCUT2D eigenvalue weighted by atomic mass is 10.1. The van der Waals surface area contributed by atoms with Gasteiger partial charge in [0.15, 0.2) is 0 Å². The van der Waals surface area contributed by atoms with Gasteiger partial charge in [-0.25, -0.2) is 4.39 Å². The van der Waals surface area contributed by atoms with Crippen LogP contribution in [0, 0.1) is 12.7 Å².